The Morgan fingerprint density at radius 2 is 2.06 bits per heavy atom. The number of nitrogens with zero attached hydrogens (tertiary/aromatic N) is 5. The van der Waals surface area contributed by atoms with Crippen molar-refractivity contribution >= 4 is 22.2 Å². The zero-order chi connectivity index (χ0) is 23.4. The molecule has 1 atom stereocenters. The maximum absolute atomic E-state index is 13.0. The molecular formula is C24H30N6O2S. The highest BCUT2D eigenvalue weighted by molar-refractivity contribution is 7.09. The third-order valence-electron chi connectivity index (χ3n) is 5.75. The molecule has 0 saturated carbocycles. The van der Waals surface area contributed by atoms with Crippen molar-refractivity contribution in [2.24, 2.45) is 5.92 Å². The van der Waals surface area contributed by atoms with Crippen LogP contribution in [-0.4, -0.2) is 43.8 Å². The number of H-pyrrole nitrogens is 1. The average molecular weight is 467 g/mol. The van der Waals surface area contributed by atoms with Crippen LogP contribution in [0.4, 0.5) is 0 Å². The lowest BCUT2D eigenvalue weighted by atomic mass is 10.00. The summed E-state index contributed by atoms with van der Waals surface area (Å²) in [4.78, 5) is 19.6. The van der Waals surface area contributed by atoms with E-state index in [4.69, 9.17) is 4.74 Å². The number of aromatic amines is 1. The van der Waals surface area contributed by atoms with Gasteiger partial charge in [0.2, 0.25) is 0 Å². The summed E-state index contributed by atoms with van der Waals surface area (Å²) in [6.45, 7) is 8.63. The molecule has 0 aliphatic rings. The Bertz CT molecular complexity index is 1250. The van der Waals surface area contributed by atoms with Gasteiger partial charge in [0.25, 0.3) is 5.56 Å². The van der Waals surface area contributed by atoms with E-state index in [-0.39, 0.29) is 17.5 Å². The first kappa shape index (κ1) is 23.3. The van der Waals surface area contributed by atoms with Crippen molar-refractivity contribution in [3.63, 3.8) is 0 Å². The van der Waals surface area contributed by atoms with Crippen molar-refractivity contribution in [3.05, 3.63) is 74.0 Å². The molecule has 0 amide bonds. The van der Waals surface area contributed by atoms with Gasteiger partial charge in [-0.15, -0.1) is 16.4 Å². The number of aromatic nitrogens is 5. The van der Waals surface area contributed by atoms with Crippen molar-refractivity contribution < 1.29 is 4.74 Å². The van der Waals surface area contributed by atoms with E-state index in [0.717, 1.165) is 27.9 Å². The predicted octanol–water partition coefficient (Wildman–Crippen LogP) is 3.93. The molecule has 1 N–H and O–H groups in total. The fourth-order valence-electron chi connectivity index (χ4n) is 4.20. The summed E-state index contributed by atoms with van der Waals surface area (Å²) in [6, 6.07) is 12.2. The minimum atomic E-state index is -0.0768. The summed E-state index contributed by atoms with van der Waals surface area (Å²) in [5.74, 6) is 1.01. The lowest BCUT2D eigenvalue weighted by Crippen LogP contribution is -2.35. The number of hydrogen-bond donors (Lipinski definition) is 1. The minimum absolute atomic E-state index is 0.0641. The number of tetrazole rings is 1. The summed E-state index contributed by atoms with van der Waals surface area (Å²) in [6.07, 6.45) is 0. The number of ether oxygens (including phenoxy) is 1. The van der Waals surface area contributed by atoms with Crippen LogP contribution in [0.5, 0.6) is 0 Å². The zero-order valence-corrected chi connectivity index (χ0v) is 20.3. The Morgan fingerprint density at radius 1 is 1.21 bits per heavy atom. The molecule has 1 aromatic carbocycles. The minimum Gasteiger partial charge on any atom is -0.383 e. The number of methoxy groups -OCH3 is 1. The fourth-order valence-corrected chi connectivity index (χ4v) is 4.92. The van der Waals surface area contributed by atoms with Gasteiger partial charge in [0.1, 0.15) is 0 Å². The average Bonchev–Trinajstić information content (AvgIpc) is 3.45. The number of hydrogen-bond acceptors (Lipinski definition) is 7. The molecule has 0 bridgehead atoms. The quantitative estimate of drug-likeness (QED) is 0.381. The van der Waals surface area contributed by atoms with Crippen LogP contribution in [0.25, 0.3) is 10.9 Å². The first-order valence-corrected chi connectivity index (χ1v) is 12.0. The largest absolute Gasteiger partial charge is 0.383 e. The first-order chi connectivity index (χ1) is 16.0. The van der Waals surface area contributed by atoms with Gasteiger partial charge in [0.05, 0.1) is 19.2 Å². The summed E-state index contributed by atoms with van der Waals surface area (Å²) in [5, 5.41) is 15.6. The van der Waals surface area contributed by atoms with Crippen LogP contribution in [0, 0.1) is 12.8 Å². The van der Waals surface area contributed by atoms with Gasteiger partial charge in [0.15, 0.2) is 5.82 Å². The molecule has 3 aromatic heterocycles. The number of nitrogens with one attached hydrogen (secondary N) is 1. The van der Waals surface area contributed by atoms with Crippen LogP contribution in [0.2, 0.25) is 0 Å². The Morgan fingerprint density at radius 3 is 2.79 bits per heavy atom. The number of thiophene rings is 1. The van der Waals surface area contributed by atoms with Crippen LogP contribution in [0.1, 0.15) is 41.7 Å². The lowest BCUT2D eigenvalue weighted by Gasteiger charge is -2.33. The second kappa shape index (κ2) is 10.4. The van der Waals surface area contributed by atoms with E-state index in [1.54, 1.807) is 18.4 Å². The molecule has 0 radical (unpaired) electrons. The van der Waals surface area contributed by atoms with Gasteiger partial charge >= 0.3 is 0 Å². The maximum Gasteiger partial charge on any atom is 0.252 e. The molecular weight excluding hydrogens is 436 g/mol. The summed E-state index contributed by atoms with van der Waals surface area (Å²) >= 11 is 1.71. The van der Waals surface area contributed by atoms with Crippen molar-refractivity contribution in [2.75, 3.05) is 13.7 Å². The van der Waals surface area contributed by atoms with E-state index < -0.39 is 0 Å². The van der Waals surface area contributed by atoms with E-state index >= 15 is 0 Å². The third kappa shape index (κ3) is 5.38. The standard InChI is InChI=1S/C24H30N6O2S/c1-16(2)22(23-26-27-28-30(23)9-10-32-4)29(15-20-6-5-11-33-20)14-19-13-18-8-7-17(3)12-21(18)25-24(19)31/h5-8,11-13,16,22H,9-10,14-15H2,1-4H3,(H,25,31). The maximum atomic E-state index is 13.0. The highest BCUT2D eigenvalue weighted by Gasteiger charge is 2.30. The molecule has 0 aliphatic carbocycles. The number of pyridine rings is 1. The van der Waals surface area contributed by atoms with Gasteiger partial charge in [-0.2, -0.15) is 0 Å². The summed E-state index contributed by atoms with van der Waals surface area (Å²) in [5.41, 5.74) is 2.64. The third-order valence-corrected chi connectivity index (χ3v) is 6.61. The van der Waals surface area contributed by atoms with Crippen LogP contribution in [0.15, 0.2) is 46.6 Å². The van der Waals surface area contributed by atoms with Gasteiger partial charge in [-0.3, -0.25) is 9.69 Å². The molecule has 0 saturated heterocycles. The van der Waals surface area contributed by atoms with Crippen molar-refractivity contribution in [1.29, 1.82) is 0 Å². The molecule has 174 valence electrons. The molecule has 4 aromatic rings. The first-order valence-electron chi connectivity index (χ1n) is 11.1. The van der Waals surface area contributed by atoms with E-state index in [1.165, 1.54) is 4.88 Å². The summed E-state index contributed by atoms with van der Waals surface area (Å²) in [7, 11) is 1.67. The van der Waals surface area contributed by atoms with Gasteiger partial charge in [0, 0.05) is 36.2 Å². The van der Waals surface area contributed by atoms with E-state index in [9.17, 15) is 4.79 Å². The number of aryl methyl sites for hydroxylation is 1. The van der Waals surface area contributed by atoms with E-state index in [2.05, 4.69) is 68.9 Å². The highest BCUT2D eigenvalue weighted by Crippen LogP contribution is 2.31. The monoisotopic (exact) mass is 466 g/mol. The molecule has 8 nitrogen and oxygen atoms in total. The fraction of sp³-hybridized carbons (Fsp3) is 0.417. The molecule has 0 spiro atoms. The predicted molar refractivity (Wildman–Crippen MR) is 130 cm³/mol. The Balaban J connectivity index is 1.74. The number of benzene rings is 1. The van der Waals surface area contributed by atoms with Gasteiger partial charge < -0.3 is 9.72 Å². The molecule has 0 aliphatic heterocycles. The van der Waals surface area contributed by atoms with E-state index in [0.29, 0.717) is 26.2 Å². The van der Waals surface area contributed by atoms with Crippen molar-refractivity contribution in [1.82, 2.24) is 30.1 Å². The van der Waals surface area contributed by atoms with Crippen molar-refractivity contribution in [2.45, 2.75) is 46.4 Å². The molecule has 1 unspecified atom stereocenters. The van der Waals surface area contributed by atoms with Crippen LogP contribution < -0.4 is 5.56 Å². The normalized spacial score (nSPS) is 12.8. The van der Waals surface area contributed by atoms with E-state index in [1.807, 2.05) is 23.7 Å². The van der Waals surface area contributed by atoms with Gasteiger partial charge in [-0.1, -0.05) is 32.0 Å². The van der Waals surface area contributed by atoms with Gasteiger partial charge in [-0.05, 0) is 57.8 Å². The van der Waals surface area contributed by atoms with Crippen LogP contribution >= 0.6 is 11.3 Å². The molecule has 3 heterocycles. The van der Waals surface area contributed by atoms with Crippen LogP contribution in [0.3, 0.4) is 0 Å². The summed E-state index contributed by atoms with van der Waals surface area (Å²) < 4.78 is 7.05. The second-order valence-electron chi connectivity index (χ2n) is 8.64. The number of fused-ring (bicyclic) bond motifs is 1. The lowest BCUT2D eigenvalue weighted by molar-refractivity contribution is 0.122. The zero-order valence-electron chi connectivity index (χ0n) is 19.5. The second-order valence-corrected chi connectivity index (χ2v) is 9.67. The highest BCUT2D eigenvalue weighted by atomic mass is 32.1. The molecule has 0 fully saturated rings. The molecule has 4 rings (SSSR count). The van der Waals surface area contributed by atoms with Crippen molar-refractivity contribution in [3.8, 4) is 0 Å². The smallest absolute Gasteiger partial charge is 0.252 e. The van der Waals surface area contributed by atoms with Crippen LogP contribution in [-0.2, 0) is 24.4 Å². The SMILES string of the molecule is COCCn1nnnc1C(C(C)C)N(Cc1cccs1)Cc1cc2ccc(C)cc2[nH]c1=O. The Kier molecular flexibility index (Phi) is 7.32. The number of rotatable bonds is 10. The Hall–Kier alpha value is -2.88. The van der Waals surface area contributed by atoms with Gasteiger partial charge in [-0.25, -0.2) is 4.68 Å². The molecule has 33 heavy (non-hydrogen) atoms. The topological polar surface area (TPSA) is 88.9 Å². The Labute approximate surface area is 197 Å². The molecule has 9 heteroatoms.